The molecule has 0 spiro atoms. The van der Waals surface area contributed by atoms with Crippen molar-refractivity contribution in [1.29, 1.82) is 0 Å². The number of likely N-dealkylation sites (tertiary alicyclic amines) is 1. The number of hydrogen-bond acceptors (Lipinski definition) is 4. The minimum atomic E-state index is -0.229. The molecule has 2 amide bonds. The fourth-order valence-electron chi connectivity index (χ4n) is 3.63. The molecule has 2 aromatic rings. The van der Waals surface area contributed by atoms with Crippen LogP contribution in [0.4, 0.5) is 5.69 Å². The van der Waals surface area contributed by atoms with Crippen molar-refractivity contribution in [3.05, 3.63) is 46.3 Å². The van der Waals surface area contributed by atoms with Gasteiger partial charge in [-0.25, -0.2) is 0 Å². The Hall–Kier alpha value is -2.67. The van der Waals surface area contributed by atoms with Gasteiger partial charge in [0, 0.05) is 55.1 Å². The molecule has 7 nitrogen and oxygen atoms in total. The molecule has 2 aliphatic rings. The summed E-state index contributed by atoms with van der Waals surface area (Å²) in [5, 5.41) is 13.3. The Labute approximate surface area is 152 Å². The number of H-pyrrole nitrogens is 1. The Morgan fingerprint density at radius 1 is 1.23 bits per heavy atom. The Bertz CT molecular complexity index is 852. The normalized spacial score (nSPS) is 16.4. The van der Waals surface area contributed by atoms with Crippen molar-refractivity contribution in [2.45, 2.75) is 32.7 Å². The summed E-state index contributed by atoms with van der Waals surface area (Å²) >= 11 is 0. The van der Waals surface area contributed by atoms with E-state index in [1.807, 2.05) is 17.9 Å². The van der Waals surface area contributed by atoms with E-state index >= 15 is 0 Å². The molecule has 4 rings (SSSR count). The van der Waals surface area contributed by atoms with E-state index in [9.17, 15) is 9.59 Å². The second-order valence-electron chi connectivity index (χ2n) is 6.94. The molecule has 0 bridgehead atoms. The summed E-state index contributed by atoms with van der Waals surface area (Å²) in [5.74, 6) is -0.163. The van der Waals surface area contributed by atoms with Crippen molar-refractivity contribution in [2.75, 3.05) is 25.0 Å². The number of aromatic amines is 1. The maximum atomic E-state index is 12.6. The number of fused-ring (bicyclic) bond motifs is 1. The Balaban J connectivity index is 1.50. The van der Waals surface area contributed by atoms with Crippen LogP contribution in [0.5, 0.6) is 0 Å². The highest BCUT2D eigenvalue weighted by Crippen LogP contribution is 2.22. The molecule has 0 radical (unpaired) electrons. The molecule has 0 saturated carbocycles. The predicted molar refractivity (Wildman–Crippen MR) is 98.3 cm³/mol. The highest BCUT2D eigenvalue weighted by Gasteiger charge is 2.23. The molecule has 0 unspecified atom stereocenters. The maximum absolute atomic E-state index is 12.6. The summed E-state index contributed by atoms with van der Waals surface area (Å²) in [5.41, 5.74) is 4.64. The van der Waals surface area contributed by atoms with Gasteiger partial charge < -0.3 is 15.5 Å². The molecule has 3 N–H and O–H groups in total. The van der Waals surface area contributed by atoms with Gasteiger partial charge in [-0.2, -0.15) is 5.10 Å². The van der Waals surface area contributed by atoms with E-state index in [1.165, 1.54) is 0 Å². The van der Waals surface area contributed by atoms with Crippen LogP contribution in [0.15, 0.2) is 18.2 Å². The number of amides is 2. The largest absolute Gasteiger partial charge is 0.339 e. The molecule has 136 valence electrons. The van der Waals surface area contributed by atoms with E-state index in [2.05, 4.69) is 20.8 Å². The van der Waals surface area contributed by atoms with Crippen LogP contribution in [0.25, 0.3) is 0 Å². The van der Waals surface area contributed by atoms with Crippen molar-refractivity contribution < 1.29 is 9.59 Å². The number of aromatic nitrogens is 2. The quantitative estimate of drug-likeness (QED) is 0.785. The smallest absolute Gasteiger partial charge is 0.276 e. The fourth-order valence-corrected chi connectivity index (χ4v) is 3.63. The van der Waals surface area contributed by atoms with Crippen molar-refractivity contribution >= 4 is 17.5 Å². The third-order valence-corrected chi connectivity index (χ3v) is 5.14. The molecular weight excluding hydrogens is 330 g/mol. The lowest BCUT2D eigenvalue weighted by Gasteiger charge is -2.16. The third-order valence-electron chi connectivity index (χ3n) is 5.14. The number of nitrogens with one attached hydrogen (secondary N) is 3. The first kappa shape index (κ1) is 16.8. The highest BCUT2D eigenvalue weighted by atomic mass is 16.2. The molecule has 1 fully saturated rings. The third kappa shape index (κ3) is 3.10. The molecule has 1 aromatic heterocycles. The highest BCUT2D eigenvalue weighted by molar-refractivity contribution is 6.05. The van der Waals surface area contributed by atoms with Crippen LogP contribution in [-0.4, -0.2) is 46.5 Å². The lowest BCUT2D eigenvalue weighted by Crippen LogP contribution is -2.27. The van der Waals surface area contributed by atoms with Gasteiger partial charge in [0.15, 0.2) is 5.69 Å². The second kappa shape index (κ2) is 6.92. The van der Waals surface area contributed by atoms with E-state index < -0.39 is 0 Å². The molecule has 3 heterocycles. The number of anilines is 1. The average Bonchev–Trinajstić information content (AvgIpc) is 3.32. The number of hydrogen-bond donors (Lipinski definition) is 3. The van der Waals surface area contributed by atoms with Crippen LogP contribution < -0.4 is 10.6 Å². The summed E-state index contributed by atoms with van der Waals surface area (Å²) in [6.45, 7) is 5.10. The first-order valence-corrected chi connectivity index (χ1v) is 9.11. The number of carbonyl (C=O) groups excluding carboxylic acids is 2. The van der Waals surface area contributed by atoms with Crippen LogP contribution in [0.3, 0.4) is 0 Å². The van der Waals surface area contributed by atoms with Gasteiger partial charge in [-0.1, -0.05) is 0 Å². The van der Waals surface area contributed by atoms with Crippen LogP contribution in [-0.2, 0) is 13.0 Å². The van der Waals surface area contributed by atoms with Crippen molar-refractivity contribution in [2.24, 2.45) is 0 Å². The average molecular weight is 353 g/mol. The van der Waals surface area contributed by atoms with Crippen molar-refractivity contribution in [3.63, 3.8) is 0 Å². The molecule has 0 aliphatic carbocycles. The van der Waals surface area contributed by atoms with Crippen LogP contribution in [0, 0.1) is 6.92 Å². The number of benzene rings is 1. The first-order valence-electron chi connectivity index (χ1n) is 9.11. The molecule has 7 heteroatoms. The molecule has 2 aliphatic heterocycles. The molecule has 1 aromatic carbocycles. The second-order valence-corrected chi connectivity index (χ2v) is 6.94. The Kier molecular flexibility index (Phi) is 4.46. The van der Waals surface area contributed by atoms with E-state index in [1.54, 1.807) is 12.1 Å². The van der Waals surface area contributed by atoms with Crippen molar-refractivity contribution in [3.8, 4) is 0 Å². The standard InChI is InChI=1S/C19H23N5O2/c1-12-10-13(19(26)24-8-2-3-9-24)4-5-15(12)21-18(25)17-14-11-20-7-6-16(14)22-23-17/h4-5,10,20H,2-3,6-9,11H2,1H3,(H,21,25)(H,22,23). The number of nitrogens with zero attached hydrogens (tertiary/aromatic N) is 2. The Morgan fingerprint density at radius 2 is 2.04 bits per heavy atom. The van der Waals surface area contributed by atoms with E-state index in [4.69, 9.17) is 0 Å². The number of rotatable bonds is 3. The zero-order valence-electron chi connectivity index (χ0n) is 14.9. The first-order chi connectivity index (χ1) is 12.6. The number of aryl methyl sites for hydroxylation is 1. The van der Waals surface area contributed by atoms with Gasteiger partial charge in [0.1, 0.15) is 0 Å². The van der Waals surface area contributed by atoms with E-state index in [0.717, 1.165) is 55.7 Å². The van der Waals surface area contributed by atoms with E-state index in [0.29, 0.717) is 23.5 Å². The molecule has 26 heavy (non-hydrogen) atoms. The summed E-state index contributed by atoms with van der Waals surface area (Å²) in [6, 6.07) is 5.43. The van der Waals surface area contributed by atoms with Crippen molar-refractivity contribution in [1.82, 2.24) is 20.4 Å². The van der Waals surface area contributed by atoms with Gasteiger partial charge in [-0.15, -0.1) is 0 Å². The summed E-state index contributed by atoms with van der Waals surface area (Å²) in [6.07, 6.45) is 2.99. The lowest BCUT2D eigenvalue weighted by atomic mass is 10.1. The van der Waals surface area contributed by atoms with Gasteiger partial charge in [0.25, 0.3) is 11.8 Å². The summed E-state index contributed by atoms with van der Waals surface area (Å²) in [7, 11) is 0. The SMILES string of the molecule is Cc1cc(C(=O)N2CCCC2)ccc1NC(=O)c1n[nH]c2c1CNCC2. The monoisotopic (exact) mass is 353 g/mol. The van der Waals surface area contributed by atoms with Crippen LogP contribution >= 0.6 is 0 Å². The summed E-state index contributed by atoms with van der Waals surface area (Å²) in [4.78, 5) is 27.0. The lowest BCUT2D eigenvalue weighted by molar-refractivity contribution is 0.0792. The van der Waals surface area contributed by atoms with Gasteiger partial charge in [0.05, 0.1) is 0 Å². The minimum Gasteiger partial charge on any atom is -0.339 e. The fraction of sp³-hybridized carbons (Fsp3) is 0.421. The summed E-state index contributed by atoms with van der Waals surface area (Å²) < 4.78 is 0. The minimum absolute atomic E-state index is 0.0657. The predicted octanol–water partition coefficient (Wildman–Crippen LogP) is 1.85. The van der Waals surface area contributed by atoms with Crippen LogP contribution in [0.1, 0.15) is 50.5 Å². The topological polar surface area (TPSA) is 90.1 Å². The van der Waals surface area contributed by atoms with Gasteiger partial charge in [0.2, 0.25) is 0 Å². The van der Waals surface area contributed by atoms with E-state index in [-0.39, 0.29) is 11.8 Å². The number of carbonyl (C=O) groups is 2. The zero-order chi connectivity index (χ0) is 18.1. The Morgan fingerprint density at radius 3 is 2.81 bits per heavy atom. The molecular formula is C19H23N5O2. The van der Waals surface area contributed by atoms with Gasteiger partial charge in [-0.3, -0.25) is 14.7 Å². The van der Waals surface area contributed by atoms with Gasteiger partial charge in [-0.05, 0) is 43.5 Å². The van der Waals surface area contributed by atoms with Crippen LogP contribution in [0.2, 0.25) is 0 Å². The maximum Gasteiger partial charge on any atom is 0.276 e. The van der Waals surface area contributed by atoms with Gasteiger partial charge >= 0.3 is 0 Å². The molecule has 0 atom stereocenters. The molecule has 1 saturated heterocycles. The zero-order valence-corrected chi connectivity index (χ0v) is 14.9.